The van der Waals surface area contributed by atoms with Gasteiger partial charge < -0.3 is 10.0 Å². The normalized spacial score (nSPS) is 23.7. The second kappa shape index (κ2) is 5.48. The summed E-state index contributed by atoms with van der Waals surface area (Å²) >= 11 is 0. The minimum absolute atomic E-state index is 0.00949. The number of rotatable bonds is 3. The highest BCUT2D eigenvalue weighted by molar-refractivity contribution is 5.98. The number of aromatic nitrogens is 1. The molecule has 1 fully saturated rings. The molecule has 0 aromatic carbocycles. The highest BCUT2D eigenvalue weighted by Gasteiger charge is 2.28. The van der Waals surface area contributed by atoms with Gasteiger partial charge in [-0.25, -0.2) is 4.98 Å². The van der Waals surface area contributed by atoms with Crippen molar-refractivity contribution in [1.82, 2.24) is 4.98 Å². The molecule has 0 spiro atoms. The highest BCUT2D eigenvalue weighted by atomic mass is 16.3. The summed E-state index contributed by atoms with van der Waals surface area (Å²) in [5.74, 6) is 0.686. The summed E-state index contributed by atoms with van der Waals surface area (Å²) in [6.07, 6.45) is 5.34. The SMILES string of the molecule is CC(=O)c1cccnc1N(C)C1CCCCC1O. The second-order valence-electron chi connectivity index (χ2n) is 4.96. The van der Waals surface area contributed by atoms with Crippen molar-refractivity contribution in [2.24, 2.45) is 0 Å². The van der Waals surface area contributed by atoms with Crippen molar-refractivity contribution in [2.45, 2.75) is 44.8 Å². The molecule has 0 amide bonds. The van der Waals surface area contributed by atoms with Crippen LogP contribution in [-0.2, 0) is 0 Å². The Morgan fingerprint density at radius 2 is 2.17 bits per heavy atom. The zero-order valence-electron chi connectivity index (χ0n) is 11.0. The Hall–Kier alpha value is -1.42. The summed E-state index contributed by atoms with van der Waals surface area (Å²) < 4.78 is 0. The number of Topliss-reactive ketones (excluding diaryl/α,β-unsaturated/α-hetero) is 1. The fourth-order valence-corrected chi connectivity index (χ4v) is 2.65. The summed E-state index contributed by atoms with van der Waals surface area (Å²) in [6.45, 7) is 1.55. The van der Waals surface area contributed by atoms with E-state index < -0.39 is 0 Å². The number of nitrogens with zero attached hydrogens (tertiary/aromatic N) is 2. The Labute approximate surface area is 108 Å². The summed E-state index contributed by atoms with van der Waals surface area (Å²) in [5, 5.41) is 10.1. The molecule has 1 aliphatic rings. The first-order valence-electron chi connectivity index (χ1n) is 6.48. The first kappa shape index (κ1) is 13.0. The fourth-order valence-electron chi connectivity index (χ4n) is 2.65. The molecule has 0 radical (unpaired) electrons. The van der Waals surface area contributed by atoms with Crippen LogP contribution in [-0.4, -0.2) is 35.1 Å². The van der Waals surface area contributed by atoms with Crippen molar-refractivity contribution in [1.29, 1.82) is 0 Å². The van der Waals surface area contributed by atoms with E-state index in [-0.39, 0.29) is 17.9 Å². The van der Waals surface area contributed by atoms with Crippen molar-refractivity contribution in [3.63, 3.8) is 0 Å². The molecule has 2 unspecified atom stereocenters. The Morgan fingerprint density at radius 1 is 1.44 bits per heavy atom. The first-order valence-corrected chi connectivity index (χ1v) is 6.48. The molecule has 1 N–H and O–H groups in total. The van der Waals surface area contributed by atoms with E-state index in [1.807, 2.05) is 11.9 Å². The van der Waals surface area contributed by atoms with Crippen LogP contribution < -0.4 is 4.90 Å². The van der Waals surface area contributed by atoms with Crippen LogP contribution in [0.15, 0.2) is 18.3 Å². The number of hydrogen-bond donors (Lipinski definition) is 1. The number of pyridine rings is 1. The van der Waals surface area contributed by atoms with Crippen LogP contribution in [0.5, 0.6) is 0 Å². The molecule has 2 rings (SSSR count). The maximum Gasteiger partial charge on any atom is 0.163 e. The molecule has 1 aromatic rings. The molecule has 2 atom stereocenters. The third kappa shape index (κ3) is 2.53. The topological polar surface area (TPSA) is 53.4 Å². The van der Waals surface area contributed by atoms with Crippen molar-refractivity contribution < 1.29 is 9.90 Å². The number of aliphatic hydroxyl groups is 1. The van der Waals surface area contributed by atoms with E-state index in [0.717, 1.165) is 25.7 Å². The smallest absolute Gasteiger partial charge is 0.163 e. The molecule has 4 nitrogen and oxygen atoms in total. The standard InChI is InChI=1S/C14H20N2O2/c1-10(17)11-6-5-9-15-14(11)16(2)12-7-3-4-8-13(12)18/h5-6,9,12-13,18H,3-4,7-8H2,1-2H3. The van der Waals surface area contributed by atoms with Gasteiger partial charge in [0.05, 0.1) is 17.7 Å². The molecule has 1 aromatic heterocycles. The largest absolute Gasteiger partial charge is 0.391 e. The van der Waals surface area contributed by atoms with Gasteiger partial charge in [0.25, 0.3) is 0 Å². The predicted molar refractivity (Wildman–Crippen MR) is 70.9 cm³/mol. The average Bonchev–Trinajstić information content (AvgIpc) is 2.38. The number of likely N-dealkylation sites (N-methyl/N-ethyl adjacent to an activating group) is 1. The zero-order valence-corrected chi connectivity index (χ0v) is 11.0. The molecule has 0 bridgehead atoms. The zero-order chi connectivity index (χ0) is 13.1. The van der Waals surface area contributed by atoms with Crippen LogP contribution in [0.25, 0.3) is 0 Å². The van der Waals surface area contributed by atoms with Gasteiger partial charge in [0.15, 0.2) is 5.78 Å². The second-order valence-corrected chi connectivity index (χ2v) is 4.96. The summed E-state index contributed by atoms with van der Waals surface area (Å²) in [7, 11) is 1.91. The van der Waals surface area contributed by atoms with Gasteiger partial charge in [-0.2, -0.15) is 0 Å². The van der Waals surface area contributed by atoms with Crippen LogP contribution >= 0.6 is 0 Å². The van der Waals surface area contributed by atoms with Gasteiger partial charge in [0.2, 0.25) is 0 Å². The fraction of sp³-hybridized carbons (Fsp3) is 0.571. The van der Waals surface area contributed by atoms with Crippen molar-refractivity contribution in [3.8, 4) is 0 Å². The van der Waals surface area contributed by atoms with Crippen LogP contribution in [0.1, 0.15) is 43.0 Å². The van der Waals surface area contributed by atoms with Gasteiger partial charge in [0.1, 0.15) is 5.82 Å². The van der Waals surface area contributed by atoms with Gasteiger partial charge in [-0.3, -0.25) is 4.79 Å². The Balaban J connectivity index is 2.27. The molecule has 0 aliphatic heterocycles. The molecule has 0 saturated heterocycles. The van der Waals surface area contributed by atoms with Crippen LogP contribution in [0.4, 0.5) is 5.82 Å². The Kier molecular flexibility index (Phi) is 3.97. The lowest BCUT2D eigenvalue weighted by Gasteiger charge is -2.36. The van der Waals surface area contributed by atoms with Crippen molar-refractivity contribution in [3.05, 3.63) is 23.9 Å². The molecule has 1 aliphatic carbocycles. The van der Waals surface area contributed by atoms with E-state index in [9.17, 15) is 9.90 Å². The molecule has 18 heavy (non-hydrogen) atoms. The van der Waals surface area contributed by atoms with Crippen LogP contribution in [0.3, 0.4) is 0 Å². The van der Waals surface area contributed by atoms with Gasteiger partial charge in [-0.05, 0) is 31.9 Å². The lowest BCUT2D eigenvalue weighted by atomic mass is 9.91. The molecule has 4 heteroatoms. The Bertz CT molecular complexity index is 434. The lowest BCUT2D eigenvalue weighted by Crippen LogP contribution is -2.44. The van der Waals surface area contributed by atoms with Gasteiger partial charge in [0, 0.05) is 13.2 Å². The van der Waals surface area contributed by atoms with E-state index in [4.69, 9.17) is 0 Å². The van der Waals surface area contributed by atoms with E-state index in [1.165, 1.54) is 0 Å². The predicted octanol–water partition coefficient (Wildman–Crippen LogP) is 2.02. The van der Waals surface area contributed by atoms with Gasteiger partial charge in [-0.15, -0.1) is 0 Å². The number of ketones is 1. The number of aliphatic hydroxyl groups excluding tert-OH is 1. The number of carbonyl (C=O) groups is 1. The van der Waals surface area contributed by atoms with Crippen molar-refractivity contribution in [2.75, 3.05) is 11.9 Å². The van der Waals surface area contributed by atoms with Crippen LogP contribution in [0, 0.1) is 0 Å². The molecule has 98 valence electrons. The number of anilines is 1. The van der Waals surface area contributed by atoms with Crippen LogP contribution in [0.2, 0.25) is 0 Å². The summed E-state index contributed by atoms with van der Waals surface area (Å²) in [5.41, 5.74) is 0.623. The highest BCUT2D eigenvalue weighted by Crippen LogP contribution is 2.27. The minimum Gasteiger partial charge on any atom is -0.391 e. The average molecular weight is 248 g/mol. The lowest BCUT2D eigenvalue weighted by molar-refractivity contribution is 0.100. The third-order valence-electron chi connectivity index (χ3n) is 3.69. The Morgan fingerprint density at radius 3 is 2.83 bits per heavy atom. The van der Waals surface area contributed by atoms with E-state index in [2.05, 4.69) is 4.98 Å². The van der Waals surface area contributed by atoms with Gasteiger partial charge in [-0.1, -0.05) is 12.8 Å². The quantitative estimate of drug-likeness (QED) is 0.831. The molecule has 1 saturated carbocycles. The first-order chi connectivity index (χ1) is 8.61. The molecular formula is C14H20N2O2. The van der Waals surface area contributed by atoms with E-state index in [1.54, 1.807) is 25.3 Å². The maximum atomic E-state index is 11.6. The summed E-state index contributed by atoms with van der Waals surface area (Å²) in [6, 6.07) is 3.62. The molecular weight excluding hydrogens is 228 g/mol. The van der Waals surface area contributed by atoms with Crippen molar-refractivity contribution >= 4 is 11.6 Å². The molecule has 1 heterocycles. The maximum absolute atomic E-state index is 11.6. The van der Waals surface area contributed by atoms with Gasteiger partial charge >= 0.3 is 0 Å². The van der Waals surface area contributed by atoms with E-state index >= 15 is 0 Å². The number of hydrogen-bond acceptors (Lipinski definition) is 4. The minimum atomic E-state index is -0.328. The summed E-state index contributed by atoms with van der Waals surface area (Å²) in [4.78, 5) is 17.9. The monoisotopic (exact) mass is 248 g/mol. The third-order valence-corrected chi connectivity index (χ3v) is 3.69. The number of carbonyl (C=O) groups excluding carboxylic acids is 1. The van der Waals surface area contributed by atoms with E-state index in [0.29, 0.717) is 11.4 Å².